The molecule has 27 heavy (non-hydrogen) atoms. The largest absolute Gasteiger partial charge is 0.483 e. The lowest BCUT2D eigenvalue weighted by atomic mass is 10.1. The molecule has 0 saturated heterocycles. The van der Waals surface area contributed by atoms with Crippen molar-refractivity contribution < 1.29 is 22.3 Å². The first-order valence-corrected chi connectivity index (χ1v) is 9.99. The van der Waals surface area contributed by atoms with Crippen molar-refractivity contribution in [3.05, 3.63) is 58.9 Å². The van der Waals surface area contributed by atoms with Gasteiger partial charge in [-0.05, 0) is 49.2 Å². The van der Waals surface area contributed by atoms with Crippen LogP contribution in [0.15, 0.2) is 46.4 Å². The molecule has 8 heteroatoms. The molecule has 1 heterocycles. The Morgan fingerprint density at radius 3 is 2.78 bits per heavy atom. The molecule has 0 atom stereocenters. The standard InChI is InChI=1S/C19H19FN2O4S/c1-12-3-4-13(2)17(9-12)26-11-19(23)22-21-16-7-8-27(24,25)18-6-5-14(20)10-15(16)18/h3-6,9-10H,7-8,11H2,1-2H3,(H,22,23). The van der Waals surface area contributed by atoms with Crippen LogP contribution in [0.25, 0.3) is 0 Å². The molecule has 0 fully saturated rings. The van der Waals surface area contributed by atoms with Crippen LogP contribution in [0, 0.1) is 19.7 Å². The summed E-state index contributed by atoms with van der Waals surface area (Å²) in [5, 5.41) is 3.99. The summed E-state index contributed by atoms with van der Waals surface area (Å²) in [6, 6.07) is 9.11. The fourth-order valence-electron chi connectivity index (χ4n) is 2.76. The van der Waals surface area contributed by atoms with E-state index in [-0.39, 0.29) is 29.2 Å². The van der Waals surface area contributed by atoms with Crippen molar-refractivity contribution in [1.82, 2.24) is 5.43 Å². The van der Waals surface area contributed by atoms with E-state index in [0.717, 1.165) is 23.3 Å². The summed E-state index contributed by atoms with van der Waals surface area (Å²) in [5.41, 5.74) is 4.76. The zero-order chi connectivity index (χ0) is 19.6. The second kappa shape index (κ2) is 7.48. The number of carbonyl (C=O) groups is 1. The van der Waals surface area contributed by atoms with Gasteiger partial charge in [0, 0.05) is 12.0 Å². The van der Waals surface area contributed by atoms with Gasteiger partial charge in [0.15, 0.2) is 16.4 Å². The highest BCUT2D eigenvalue weighted by Crippen LogP contribution is 2.26. The average molecular weight is 390 g/mol. The lowest BCUT2D eigenvalue weighted by Crippen LogP contribution is -2.29. The highest BCUT2D eigenvalue weighted by molar-refractivity contribution is 7.91. The van der Waals surface area contributed by atoms with Gasteiger partial charge in [-0.2, -0.15) is 5.10 Å². The zero-order valence-electron chi connectivity index (χ0n) is 15.0. The van der Waals surface area contributed by atoms with Crippen molar-refractivity contribution in [1.29, 1.82) is 0 Å². The van der Waals surface area contributed by atoms with E-state index in [1.807, 2.05) is 32.0 Å². The van der Waals surface area contributed by atoms with Crippen molar-refractivity contribution in [2.75, 3.05) is 12.4 Å². The van der Waals surface area contributed by atoms with Gasteiger partial charge in [-0.1, -0.05) is 12.1 Å². The number of amides is 1. The number of fused-ring (bicyclic) bond motifs is 1. The molecule has 142 valence electrons. The van der Waals surface area contributed by atoms with Gasteiger partial charge >= 0.3 is 0 Å². The van der Waals surface area contributed by atoms with Gasteiger partial charge in [0.2, 0.25) is 0 Å². The fraction of sp³-hybridized carbons (Fsp3) is 0.263. The van der Waals surface area contributed by atoms with Crippen LogP contribution < -0.4 is 10.2 Å². The van der Waals surface area contributed by atoms with E-state index in [0.29, 0.717) is 11.5 Å². The van der Waals surface area contributed by atoms with E-state index < -0.39 is 21.6 Å². The van der Waals surface area contributed by atoms with Gasteiger partial charge in [-0.15, -0.1) is 0 Å². The molecule has 0 bridgehead atoms. The fourth-order valence-corrected chi connectivity index (χ4v) is 4.23. The second-order valence-corrected chi connectivity index (χ2v) is 8.44. The Bertz CT molecular complexity index is 1030. The number of ether oxygens (including phenoxy) is 1. The first kappa shape index (κ1) is 19.0. The summed E-state index contributed by atoms with van der Waals surface area (Å²) < 4.78 is 43.2. The number of sulfone groups is 1. The number of nitrogens with zero attached hydrogens (tertiary/aromatic N) is 1. The van der Waals surface area contributed by atoms with Crippen LogP contribution in [-0.2, 0) is 14.6 Å². The number of nitrogens with one attached hydrogen (secondary N) is 1. The van der Waals surface area contributed by atoms with E-state index in [1.54, 1.807) is 0 Å². The minimum Gasteiger partial charge on any atom is -0.483 e. The lowest BCUT2D eigenvalue weighted by molar-refractivity contribution is -0.123. The molecule has 2 aromatic carbocycles. The van der Waals surface area contributed by atoms with Crippen molar-refractivity contribution in [2.45, 2.75) is 25.2 Å². The number of halogens is 1. The Balaban J connectivity index is 1.72. The second-order valence-electron chi connectivity index (χ2n) is 6.36. The van der Waals surface area contributed by atoms with E-state index in [9.17, 15) is 17.6 Å². The molecule has 6 nitrogen and oxygen atoms in total. The van der Waals surface area contributed by atoms with Crippen LogP contribution in [0.5, 0.6) is 5.75 Å². The first-order valence-electron chi connectivity index (χ1n) is 8.34. The van der Waals surface area contributed by atoms with Crippen molar-refractivity contribution in [3.63, 3.8) is 0 Å². The number of rotatable bonds is 4. The Morgan fingerprint density at radius 2 is 2.00 bits per heavy atom. The van der Waals surface area contributed by atoms with Crippen molar-refractivity contribution >= 4 is 21.5 Å². The smallest absolute Gasteiger partial charge is 0.277 e. The van der Waals surface area contributed by atoms with E-state index in [4.69, 9.17) is 4.74 Å². The van der Waals surface area contributed by atoms with Crippen molar-refractivity contribution in [2.24, 2.45) is 5.10 Å². The predicted octanol–water partition coefficient (Wildman–Crippen LogP) is 2.52. The Kier molecular flexibility index (Phi) is 5.27. The predicted molar refractivity (Wildman–Crippen MR) is 99.2 cm³/mol. The number of aryl methyl sites for hydroxylation is 2. The third-order valence-electron chi connectivity index (χ3n) is 4.21. The lowest BCUT2D eigenvalue weighted by Gasteiger charge is -2.18. The molecular weight excluding hydrogens is 371 g/mol. The number of carbonyl (C=O) groups excluding carboxylic acids is 1. The van der Waals surface area contributed by atoms with E-state index in [2.05, 4.69) is 10.5 Å². The van der Waals surface area contributed by atoms with Crippen LogP contribution in [0.3, 0.4) is 0 Å². The molecule has 0 saturated carbocycles. The maximum atomic E-state index is 13.5. The van der Waals surface area contributed by atoms with Gasteiger partial charge in [-0.25, -0.2) is 18.2 Å². The van der Waals surface area contributed by atoms with Gasteiger partial charge in [0.1, 0.15) is 11.6 Å². The number of hydrazone groups is 1. The molecule has 1 aliphatic heterocycles. The third kappa shape index (κ3) is 4.33. The molecule has 0 radical (unpaired) electrons. The van der Waals surface area contributed by atoms with Crippen LogP contribution in [0.2, 0.25) is 0 Å². The number of benzene rings is 2. The Hall–Kier alpha value is -2.74. The molecule has 3 rings (SSSR count). The molecule has 2 aromatic rings. The first-order chi connectivity index (χ1) is 12.8. The van der Waals surface area contributed by atoms with Crippen LogP contribution in [0.1, 0.15) is 23.1 Å². The molecule has 1 aliphatic rings. The molecule has 0 aromatic heterocycles. The summed E-state index contributed by atoms with van der Waals surface area (Å²) >= 11 is 0. The maximum absolute atomic E-state index is 13.5. The summed E-state index contributed by atoms with van der Waals surface area (Å²) in [7, 11) is -3.47. The van der Waals surface area contributed by atoms with Gasteiger partial charge in [-0.3, -0.25) is 4.79 Å². The third-order valence-corrected chi connectivity index (χ3v) is 5.98. The van der Waals surface area contributed by atoms with Gasteiger partial charge in [0.05, 0.1) is 16.4 Å². The summed E-state index contributed by atoms with van der Waals surface area (Å²) in [6.07, 6.45) is 0.0942. The monoisotopic (exact) mass is 390 g/mol. The highest BCUT2D eigenvalue weighted by atomic mass is 32.2. The molecule has 0 spiro atoms. The molecular formula is C19H19FN2O4S. The molecule has 0 unspecified atom stereocenters. The number of hydrogen-bond donors (Lipinski definition) is 1. The topological polar surface area (TPSA) is 84.8 Å². The summed E-state index contributed by atoms with van der Waals surface area (Å²) in [5.74, 6) is -0.592. The molecule has 1 amide bonds. The Labute approximate surface area is 157 Å². The van der Waals surface area contributed by atoms with E-state index >= 15 is 0 Å². The quantitative estimate of drug-likeness (QED) is 0.642. The molecule has 1 N–H and O–H groups in total. The van der Waals surface area contributed by atoms with Gasteiger partial charge in [0.25, 0.3) is 5.91 Å². The summed E-state index contributed by atoms with van der Waals surface area (Å²) in [6.45, 7) is 3.56. The molecule has 0 aliphatic carbocycles. The number of hydrogen-bond acceptors (Lipinski definition) is 5. The van der Waals surface area contributed by atoms with E-state index in [1.165, 1.54) is 6.07 Å². The SMILES string of the molecule is Cc1ccc(C)c(OCC(=O)NN=C2CCS(=O)(=O)c3ccc(F)cc32)c1. The Morgan fingerprint density at radius 1 is 1.22 bits per heavy atom. The minimum atomic E-state index is -3.47. The average Bonchev–Trinajstić information content (AvgIpc) is 2.61. The van der Waals surface area contributed by atoms with Gasteiger partial charge < -0.3 is 4.74 Å². The zero-order valence-corrected chi connectivity index (χ0v) is 15.8. The van der Waals surface area contributed by atoms with Crippen molar-refractivity contribution in [3.8, 4) is 5.75 Å². The van der Waals surface area contributed by atoms with Crippen LogP contribution in [-0.4, -0.2) is 32.4 Å². The highest BCUT2D eigenvalue weighted by Gasteiger charge is 2.28. The van der Waals surface area contributed by atoms with Crippen LogP contribution in [0.4, 0.5) is 4.39 Å². The minimum absolute atomic E-state index is 0.0229. The van der Waals surface area contributed by atoms with Crippen LogP contribution >= 0.6 is 0 Å². The maximum Gasteiger partial charge on any atom is 0.277 e. The summed E-state index contributed by atoms with van der Waals surface area (Å²) in [4.78, 5) is 12.0. The normalized spacial score (nSPS) is 16.6.